The summed E-state index contributed by atoms with van der Waals surface area (Å²) in [6.45, 7) is 0. The van der Waals surface area contributed by atoms with Crippen LogP contribution in [-0.2, 0) is 9.59 Å². The Labute approximate surface area is 164 Å². The van der Waals surface area contributed by atoms with Gasteiger partial charge in [-0.15, -0.1) is 0 Å². The molecule has 8 heteroatoms. The molecule has 1 unspecified atom stereocenters. The summed E-state index contributed by atoms with van der Waals surface area (Å²) < 4.78 is 13.4. The fourth-order valence-electron chi connectivity index (χ4n) is 3.51. The molecule has 2 N–H and O–H groups in total. The van der Waals surface area contributed by atoms with Gasteiger partial charge in [0.15, 0.2) is 5.11 Å². The van der Waals surface area contributed by atoms with Crippen LogP contribution in [0.5, 0.6) is 0 Å². The first-order valence-corrected chi connectivity index (χ1v) is 8.96. The molecule has 2 aromatic rings. The van der Waals surface area contributed by atoms with Crippen molar-refractivity contribution in [2.24, 2.45) is 4.99 Å². The van der Waals surface area contributed by atoms with Gasteiger partial charge in [-0.2, -0.15) is 0 Å². The van der Waals surface area contributed by atoms with Crippen LogP contribution in [0, 0.1) is 5.82 Å². The van der Waals surface area contributed by atoms with Crippen molar-refractivity contribution in [3.63, 3.8) is 0 Å². The third-order valence-electron chi connectivity index (χ3n) is 4.81. The molecule has 0 saturated carbocycles. The molecule has 2 aliphatic rings. The highest BCUT2D eigenvalue weighted by atomic mass is 35.5. The lowest BCUT2D eigenvalue weighted by molar-refractivity contribution is -0.137. The van der Waals surface area contributed by atoms with Crippen LogP contribution in [0.1, 0.15) is 23.5 Å². The molecule has 5 nitrogen and oxygen atoms in total. The van der Waals surface area contributed by atoms with Gasteiger partial charge in [0.2, 0.25) is 5.54 Å². The largest absolute Gasteiger partial charge is 0.300 e. The van der Waals surface area contributed by atoms with Crippen molar-refractivity contribution in [1.82, 2.24) is 10.6 Å². The predicted molar refractivity (Wildman–Crippen MR) is 103 cm³/mol. The van der Waals surface area contributed by atoms with E-state index in [1.54, 1.807) is 36.4 Å². The highest BCUT2D eigenvalue weighted by molar-refractivity contribution is 7.80. The van der Waals surface area contributed by atoms with E-state index in [0.717, 1.165) is 5.56 Å². The van der Waals surface area contributed by atoms with E-state index in [-0.39, 0.29) is 5.11 Å². The molecular formula is C19H13ClFN3O2S. The van der Waals surface area contributed by atoms with Gasteiger partial charge in [0.1, 0.15) is 5.82 Å². The minimum Gasteiger partial charge on any atom is -0.300 e. The number of halogens is 2. The van der Waals surface area contributed by atoms with Crippen LogP contribution in [-0.4, -0.2) is 28.2 Å². The zero-order chi connectivity index (χ0) is 19.2. The molecular weight excluding hydrogens is 389 g/mol. The Balaban J connectivity index is 1.84. The van der Waals surface area contributed by atoms with Crippen LogP contribution in [0.25, 0.3) is 0 Å². The summed E-state index contributed by atoms with van der Waals surface area (Å²) in [4.78, 5) is 30.3. The number of rotatable bonds is 2. The summed E-state index contributed by atoms with van der Waals surface area (Å²) in [5, 5.41) is 5.50. The van der Waals surface area contributed by atoms with E-state index in [1.807, 2.05) is 0 Å². The summed E-state index contributed by atoms with van der Waals surface area (Å²) in [7, 11) is 0. The van der Waals surface area contributed by atoms with Crippen molar-refractivity contribution in [2.75, 3.05) is 0 Å². The van der Waals surface area contributed by atoms with Crippen molar-refractivity contribution >= 4 is 46.5 Å². The molecule has 2 aliphatic heterocycles. The SMILES string of the molecule is O=C1NC(=S)NC(=O)C12N=C(c1ccc(Cl)cc1)CC2c1ccc(F)cc1. The quantitative estimate of drug-likeness (QED) is 0.600. The van der Waals surface area contributed by atoms with Crippen LogP contribution in [0.2, 0.25) is 5.02 Å². The second kappa shape index (κ2) is 6.51. The van der Waals surface area contributed by atoms with Gasteiger partial charge < -0.3 is 10.6 Å². The first-order valence-electron chi connectivity index (χ1n) is 8.17. The third-order valence-corrected chi connectivity index (χ3v) is 5.27. The molecule has 2 heterocycles. The van der Waals surface area contributed by atoms with Gasteiger partial charge in [-0.05, 0) is 47.6 Å². The average Bonchev–Trinajstić information content (AvgIpc) is 3.03. The second-order valence-corrected chi connectivity index (χ2v) is 7.22. The number of aliphatic imine (C=N–C) groups is 1. The lowest BCUT2D eigenvalue weighted by Gasteiger charge is -2.34. The first kappa shape index (κ1) is 17.8. The normalized spacial score (nSPS) is 21.0. The van der Waals surface area contributed by atoms with Gasteiger partial charge in [0.25, 0.3) is 11.8 Å². The Morgan fingerprint density at radius 2 is 1.63 bits per heavy atom. The van der Waals surface area contributed by atoms with Gasteiger partial charge >= 0.3 is 0 Å². The second-order valence-electron chi connectivity index (χ2n) is 6.38. The topological polar surface area (TPSA) is 70.6 Å². The number of amides is 2. The monoisotopic (exact) mass is 401 g/mol. The lowest BCUT2D eigenvalue weighted by Crippen LogP contribution is -2.66. The average molecular weight is 402 g/mol. The van der Waals surface area contributed by atoms with Gasteiger partial charge in [0.05, 0.1) is 0 Å². The number of hydrogen-bond acceptors (Lipinski definition) is 4. The maximum Gasteiger partial charge on any atom is 0.264 e. The fourth-order valence-corrected chi connectivity index (χ4v) is 3.82. The van der Waals surface area contributed by atoms with Crippen molar-refractivity contribution in [3.8, 4) is 0 Å². The predicted octanol–water partition coefficient (Wildman–Crippen LogP) is 2.73. The van der Waals surface area contributed by atoms with Crippen LogP contribution < -0.4 is 10.6 Å². The molecule has 0 aromatic heterocycles. The zero-order valence-electron chi connectivity index (χ0n) is 13.8. The Bertz CT molecular complexity index is 969. The molecule has 1 spiro atoms. The summed E-state index contributed by atoms with van der Waals surface area (Å²) in [5.41, 5.74) is 0.299. The van der Waals surface area contributed by atoms with Crippen LogP contribution in [0.3, 0.4) is 0 Å². The van der Waals surface area contributed by atoms with Crippen LogP contribution >= 0.6 is 23.8 Å². The Kier molecular flexibility index (Phi) is 4.28. The van der Waals surface area contributed by atoms with E-state index >= 15 is 0 Å². The summed E-state index contributed by atoms with van der Waals surface area (Å²) in [5.74, 6) is -2.17. The molecule has 1 atom stereocenters. The van der Waals surface area contributed by atoms with E-state index in [0.29, 0.717) is 22.7 Å². The third kappa shape index (κ3) is 2.93. The number of nitrogens with one attached hydrogen (secondary N) is 2. The molecule has 1 saturated heterocycles. The van der Waals surface area contributed by atoms with E-state index < -0.39 is 29.1 Å². The van der Waals surface area contributed by atoms with E-state index in [2.05, 4.69) is 15.6 Å². The van der Waals surface area contributed by atoms with Crippen LogP contribution in [0.4, 0.5) is 4.39 Å². The number of carbonyl (C=O) groups is 2. The molecule has 0 bridgehead atoms. The molecule has 4 rings (SSSR count). The zero-order valence-corrected chi connectivity index (χ0v) is 15.4. The Morgan fingerprint density at radius 1 is 1.04 bits per heavy atom. The van der Waals surface area contributed by atoms with Crippen LogP contribution in [0.15, 0.2) is 53.5 Å². The maximum absolute atomic E-state index is 13.4. The molecule has 27 heavy (non-hydrogen) atoms. The van der Waals surface area contributed by atoms with Crippen molar-refractivity contribution in [2.45, 2.75) is 17.9 Å². The number of hydrogen-bond donors (Lipinski definition) is 2. The number of thiocarbonyl (C=S) groups is 1. The fraction of sp³-hybridized carbons (Fsp3) is 0.158. The maximum atomic E-state index is 13.4. The molecule has 2 aromatic carbocycles. The van der Waals surface area contributed by atoms with Gasteiger partial charge in [-0.1, -0.05) is 35.9 Å². The van der Waals surface area contributed by atoms with Gasteiger partial charge in [-0.3, -0.25) is 14.6 Å². The van der Waals surface area contributed by atoms with Crippen molar-refractivity contribution < 1.29 is 14.0 Å². The Hall–Kier alpha value is -2.64. The van der Waals surface area contributed by atoms with E-state index in [4.69, 9.17) is 23.8 Å². The summed E-state index contributed by atoms with van der Waals surface area (Å²) >= 11 is 10.9. The van der Waals surface area contributed by atoms with Crippen molar-refractivity contribution in [1.29, 1.82) is 0 Å². The number of carbonyl (C=O) groups excluding carboxylic acids is 2. The van der Waals surface area contributed by atoms with E-state index in [9.17, 15) is 14.0 Å². The van der Waals surface area contributed by atoms with Gasteiger partial charge in [0, 0.05) is 23.1 Å². The molecule has 2 amide bonds. The lowest BCUT2D eigenvalue weighted by atomic mass is 9.77. The number of benzene rings is 2. The minimum atomic E-state index is -1.70. The van der Waals surface area contributed by atoms with Crippen molar-refractivity contribution in [3.05, 3.63) is 70.5 Å². The minimum absolute atomic E-state index is 0.0522. The van der Waals surface area contributed by atoms with Gasteiger partial charge in [-0.25, -0.2) is 4.39 Å². The molecule has 1 fully saturated rings. The summed E-state index contributed by atoms with van der Waals surface area (Å²) in [6, 6.07) is 12.7. The molecule has 0 aliphatic carbocycles. The first-order chi connectivity index (χ1) is 12.9. The number of nitrogens with zero attached hydrogens (tertiary/aromatic N) is 1. The standard InChI is InChI=1S/C19H13ClFN3O2S/c20-12-5-1-11(2-6-12)15-9-14(10-3-7-13(21)8-4-10)19(24-15)16(25)22-18(27)23-17(19)26/h1-8,14H,9H2,(H2,22,23,25,26,27). The van der Waals surface area contributed by atoms with E-state index in [1.165, 1.54) is 12.1 Å². The Morgan fingerprint density at radius 3 is 2.22 bits per heavy atom. The summed E-state index contributed by atoms with van der Waals surface area (Å²) in [6.07, 6.45) is 0.334. The highest BCUT2D eigenvalue weighted by Crippen LogP contribution is 2.43. The molecule has 136 valence electrons. The smallest absolute Gasteiger partial charge is 0.264 e. The highest BCUT2D eigenvalue weighted by Gasteiger charge is 2.59. The molecule has 0 radical (unpaired) electrons.